The summed E-state index contributed by atoms with van der Waals surface area (Å²) in [6.07, 6.45) is 5.70. The van der Waals surface area contributed by atoms with E-state index in [2.05, 4.69) is 16.5 Å². The van der Waals surface area contributed by atoms with Crippen LogP contribution in [0.4, 0.5) is 15.4 Å². The largest absolute Gasteiger partial charge is 0.448 e. The number of amides is 2. The fourth-order valence-corrected chi connectivity index (χ4v) is 6.07. The van der Waals surface area contributed by atoms with Gasteiger partial charge in [0.05, 0.1) is 29.7 Å². The lowest BCUT2D eigenvalue weighted by atomic mass is 9.90. The van der Waals surface area contributed by atoms with Gasteiger partial charge >= 0.3 is 12.2 Å². The van der Waals surface area contributed by atoms with Crippen LogP contribution in [0.2, 0.25) is 5.02 Å². The van der Waals surface area contributed by atoms with Crippen molar-refractivity contribution in [2.24, 2.45) is 11.8 Å². The van der Waals surface area contributed by atoms with Crippen LogP contribution in [0.25, 0.3) is 22.0 Å². The van der Waals surface area contributed by atoms with E-state index in [-0.39, 0.29) is 18.3 Å². The van der Waals surface area contributed by atoms with E-state index in [0.717, 1.165) is 25.7 Å². The molecule has 11 heteroatoms. The number of aromatic nitrogens is 2. The molecule has 2 heterocycles. The third-order valence-corrected chi connectivity index (χ3v) is 8.44. The lowest BCUT2D eigenvalue weighted by Gasteiger charge is -2.33. The minimum atomic E-state index is -0.642. The highest BCUT2D eigenvalue weighted by atomic mass is 35.5. The van der Waals surface area contributed by atoms with Gasteiger partial charge in [-0.25, -0.2) is 9.59 Å². The van der Waals surface area contributed by atoms with Crippen molar-refractivity contribution in [1.82, 2.24) is 14.7 Å². The Balaban J connectivity index is 1.43. The third kappa shape index (κ3) is 7.33. The van der Waals surface area contributed by atoms with Crippen LogP contribution in [0.5, 0.6) is 0 Å². The second kappa shape index (κ2) is 13.3. The zero-order chi connectivity index (χ0) is 31.4. The fourth-order valence-electron chi connectivity index (χ4n) is 5.84. The molecule has 1 aromatic heterocycles. The molecule has 3 aromatic rings. The van der Waals surface area contributed by atoms with E-state index in [9.17, 15) is 19.6 Å². The van der Waals surface area contributed by atoms with Gasteiger partial charge in [-0.05, 0) is 88.3 Å². The fraction of sp³-hybridized carbons (Fsp3) is 0.485. The second-order valence-electron chi connectivity index (χ2n) is 12.6. The number of carbonyl (C=O) groups is 3. The highest BCUT2D eigenvalue weighted by Gasteiger charge is 2.32. The molecule has 1 aliphatic carbocycles. The van der Waals surface area contributed by atoms with E-state index in [1.54, 1.807) is 62.1 Å². The van der Waals surface area contributed by atoms with Crippen molar-refractivity contribution in [3.05, 3.63) is 47.0 Å². The van der Waals surface area contributed by atoms with Crippen molar-refractivity contribution in [3.63, 3.8) is 0 Å². The topological polar surface area (TPSA) is 127 Å². The SMILES string of the molecule is CC(C)(C)OC(=O)N1CCCC(C(=O)Nc2nn(C(=O)OCC3CCCCC3)c3ccc(-c4cc(C#N)ccc4Cl)cc23)C1. The Kier molecular flexibility index (Phi) is 9.45. The van der Waals surface area contributed by atoms with E-state index in [1.165, 1.54) is 11.1 Å². The Hall–Kier alpha value is -4.10. The van der Waals surface area contributed by atoms with Crippen LogP contribution in [0.3, 0.4) is 0 Å². The first-order valence-electron chi connectivity index (χ1n) is 15.2. The molecule has 2 aliphatic rings. The molecule has 0 bridgehead atoms. The molecule has 232 valence electrons. The first kappa shape index (κ1) is 31.3. The van der Waals surface area contributed by atoms with Gasteiger partial charge in [0.2, 0.25) is 5.91 Å². The standard InChI is InChI=1S/C33H38ClN5O5/c1-33(2,3)44-31(41)38-15-7-10-24(19-38)30(40)36-29-26-17-23(25-16-22(18-35)11-13-27(25)34)12-14-28(26)39(37-29)32(42)43-20-21-8-5-4-6-9-21/h11-14,16-17,21,24H,4-10,15,19-20H2,1-3H3,(H,36,37,40). The van der Waals surface area contributed by atoms with Crippen LogP contribution < -0.4 is 5.32 Å². The van der Waals surface area contributed by atoms with Gasteiger partial charge in [-0.1, -0.05) is 36.9 Å². The number of ether oxygens (including phenoxy) is 2. The van der Waals surface area contributed by atoms with Gasteiger partial charge in [-0.2, -0.15) is 9.94 Å². The van der Waals surface area contributed by atoms with E-state index < -0.39 is 23.7 Å². The Morgan fingerprint density at radius 2 is 1.82 bits per heavy atom. The van der Waals surface area contributed by atoms with Crippen molar-refractivity contribution in [2.45, 2.75) is 71.3 Å². The number of nitrogens with one attached hydrogen (secondary N) is 1. The predicted molar refractivity (Wildman–Crippen MR) is 167 cm³/mol. The summed E-state index contributed by atoms with van der Waals surface area (Å²) in [6, 6.07) is 12.4. The predicted octanol–water partition coefficient (Wildman–Crippen LogP) is 7.38. The minimum absolute atomic E-state index is 0.198. The summed E-state index contributed by atoms with van der Waals surface area (Å²) in [5.41, 5.74) is 1.60. The Morgan fingerprint density at radius 3 is 2.55 bits per heavy atom. The summed E-state index contributed by atoms with van der Waals surface area (Å²) in [6.45, 7) is 6.45. The van der Waals surface area contributed by atoms with Crippen LogP contribution in [0, 0.1) is 23.2 Å². The molecule has 1 unspecified atom stereocenters. The number of likely N-dealkylation sites (tertiary alicyclic amines) is 1. The molecule has 1 atom stereocenters. The second-order valence-corrected chi connectivity index (χ2v) is 13.0. The number of anilines is 1. The van der Waals surface area contributed by atoms with Crippen molar-refractivity contribution < 1.29 is 23.9 Å². The van der Waals surface area contributed by atoms with Gasteiger partial charge in [0, 0.05) is 29.1 Å². The quantitative estimate of drug-likeness (QED) is 0.316. The molecule has 1 N–H and O–H groups in total. The zero-order valence-corrected chi connectivity index (χ0v) is 26.2. The van der Waals surface area contributed by atoms with Crippen molar-refractivity contribution in [1.29, 1.82) is 5.26 Å². The molecule has 2 amide bonds. The number of halogens is 1. The Morgan fingerprint density at radius 1 is 1.05 bits per heavy atom. The zero-order valence-electron chi connectivity index (χ0n) is 25.4. The van der Waals surface area contributed by atoms with Gasteiger partial charge < -0.3 is 19.7 Å². The number of benzene rings is 2. The molecule has 0 spiro atoms. The van der Waals surface area contributed by atoms with E-state index in [0.29, 0.717) is 64.5 Å². The first-order chi connectivity index (χ1) is 21.0. The Bertz CT molecular complexity index is 1600. The van der Waals surface area contributed by atoms with Gasteiger partial charge in [0.25, 0.3) is 0 Å². The van der Waals surface area contributed by atoms with E-state index >= 15 is 0 Å². The van der Waals surface area contributed by atoms with Gasteiger partial charge in [-0.3, -0.25) is 4.79 Å². The molecule has 2 aromatic carbocycles. The molecule has 5 rings (SSSR count). The molecule has 44 heavy (non-hydrogen) atoms. The van der Waals surface area contributed by atoms with E-state index in [1.807, 2.05) is 0 Å². The van der Waals surface area contributed by atoms with Gasteiger partial charge in [-0.15, -0.1) is 5.10 Å². The number of piperidine rings is 1. The van der Waals surface area contributed by atoms with Crippen LogP contribution in [-0.2, 0) is 14.3 Å². The summed E-state index contributed by atoms with van der Waals surface area (Å²) in [4.78, 5) is 41.1. The summed E-state index contributed by atoms with van der Waals surface area (Å²) in [7, 11) is 0. The smallest absolute Gasteiger partial charge is 0.435 e. The van der Waals surface area contributed by atoms with Gasteiger partial charge in [0.1, 0.15) is 5.60 Å². The summed E-state index contributed by atoms with van der Waals surface area (Å²) in [5.74, 6) is -0.271. The highest BCUT2D eigenvalue weighted by molar-refractivity contribution is 6.33. The molecule has 10 nitrogen and oxygen atoms in total. The maximum absolute atomic E-state index is 13.6. The lowest BCUT2D eigenvalue weighted by molar-refractivity contribution is -0.121. The molecule has 1 aliphatic heterocycles. The van der Waals surface area contributed by atoms with Crippen LogP contribution in [-0.4, -0.2) is 58.1 Å². The number of nitriles is 1. The average molecular weight is 620 g/mol. The van der Waals surface area contributed by atoms with Crippen molar-refractivity contribution >= 4 is 46.4 Å². The third-order valence-electron chi connectivity index (χ3n) is 8.11. The molecule has 2 fully saturated rings. The number of nitrogens with zero attached hydrogens (tertiary/aromatic N) is 4. The van der Waals surface area contributed by atoms with Crippen molar-refractivity contribution in [2.75, 3.05) is 25.0 Å². The normalized spacial score (nSPS) is 17.6. The summed E-state index contributed by atoms with van der Waals surface area (Å²) in [5, 5.41) is 17.8. The monoisotopic (exact) mass is 619 g/mol. The highest BCUT2D eigenvalue weighted by Crippen LogP contribution is 2.34. The summed E-state index contributed by atoms with van der Waals surface area (Å²) >= 11 is 6.50. The maximum Gasteiger partial charge on any atom is 0.435 e. The average Bonchev–Trinajstić information content (AvgIpc) is 3.37. The number of fused-ring (bicyclic) bond motifs is 1. The molecular formula is C33H38ClN5O5. The molecule has 1 saturated heterocycles. The van der Waals surface area contributed by atoms with Crippen LogP contribution in [0.15, 0.2) is 36.4 Å². The first-order valence-corrected chi connectivity index (χ1v) is 15.6. The van der Waals surface area contributed by atoms with Crippen LogP contribution >= 0.6 is 11.6 Å². The van der Waals surface area contributed by atoms with Crippen LogP contribution in [0.1, 0.15) is 71.3 Å². The molecule has 1 saturated carbocycles. The maximum atomic E-state index is 13.6. The van der Waals surface area contributed by atoms with Gasteiger partial charge in [0.15, 0.2) is 5.82 Å². The minimum Gasteiger partial charge on any atom is -0.448 e. The number of carbonyl (C=O) groups excluding carboxylic acids is 3. The lowest BCUT2D eigenvalue weighted by Crippen LogP contribution is -2.45. The number of rotatable bonds is 5. The van der Waals surface area contributed by atoms with Crippen molar-refractivity contribution in [3.8, 4) is 17.2 Å². The number of hydrogen-bond donors (Lipinski definition) is 1. The van der Waals surface area contributed by atoms with E-state index in [4.69, 9.17) is 21.1 Å². The Labute approximate surface area is 262 Å². The molecular weight excluding hydrogens is 582 g/mol. The molecule has 0 radical (unpaired) electrons. The number of hydrogen-bond acceptors (Lipinski definition) is 7. The summed E-state index contributed by atoms with van der Waals surface area (Å²) < 4.78 is 12.4.